The molecule has 5 nitrogen and oxygen atoms in total. The number of carbonyl (C=O) groups excluding carboxylic acids is 1. The van der Waals surface area contributed by atoms with Crippen molar-refractivity contribution in [1.82, 2.24) is 10.2 Å². The highest BCUT2D eigenvalue weighted by Crippen LogP contribution is 2.22. The van der Waals surface area contributed by atoms with Gasteiger partial charge < -0.3 is 10.1 Å². The summed E-state index contributed by atoms with van der Waals surface area (Å²) in [4.78, 5) is 11.6. The number of anilines is 1. The molecular formula is C15H19N3O2. The third kappa shape index (κ3) is 3.60. The summed E-state index contributed by atoms with van der Waals surface area (Å²) in [6.45, 7) is 2.06. The van der Waals surface area contributed by atoms with Gasteiger partial charge in [-0.15, -0.1) is 0 Å². The molecule has 0 bridgehead atoms. The first-order valence-electron chi connectivity index (χ1n) is 6.72. The van der Waals surface area contributed by atoms with Crippen LogP contribution in [-0.4, -0.2) is 23.2 Å². The summed E-state index contributed by atoms with van der Waals surface area (Å²) in [6, 6.07) is 9.47. The first kappa shape index (κ1) is 14.1. The minimum Gasteiger partial charge on any atom is -0.497 e. The second-order valence-electron chi connectivity index (χ2n) is 4.55. The van der Waals surface area contributed by atoms with Crippen molar-refractivity contribution < 1.29 is 9.53 Å². The Bertz CT molecular complexity index is 561. The lowest BCUT2D eigenvalue weighted by Crippen LogP contribution is -2.11. The highest BCUT2D eigenvalue weighted by Gasteiger charge is 2.07. The minimum atomic E-state index is -0.000342. The van der Waals surface area contributed by atoms with Crippen LogP contribution in [0.5, 0.6) is 5.75 Å². The van der Waals surface area contributed by atoms with Gasteiger partial charge >= 0.3 is 0 Å². The summed E-state index contributed by atoms with van der Waals surface area (Å²) in [5.41, 5.74) is 1.85. The molecule has 0 atom stereocenters. The molecule has 2 rings (SSSR count). The monoisotopic (exact) mass is 273 g/mol. The van der Waals surface area contributed by atoms with Crippen molar-refractivity contribution in [2.45, 2.75) is 26.2 Å². The van der Waals surface area contributed by atoms with Gasteiger partial charge in [0.05, 0.1) is 12.8 Å². The molecule has 20 heavy (non-hydrogen) atoms. The number of rotatable bonds is 6. The number of hydrogen-bond donors (Lipinski definition) is 2. The first-order valence-corrected chi connectivity index (χ1v) is 6.72. The SMILES string of the molecule is CCCCC(=O)Nc1cc(-c2ccc(OC)cc2)[nH]n1. The van der Waals surface area contributed by atoms with Crippen LogP contribution in [0.3, 0.4) is 0 Å². The molecule has 1 aromatic heterocycles. The second kappa shape index (κ2) is 6.75. The third-order valence-electron chi connectivity index (χ3n) is 3.00. The molecule has 0 aliphatic rings. The van der Waals surface area contributed by atoms with Gasteiger partial charge in [0.2, 0.25) is 5.91 Å². The van der Waals surface area contributed by atoms with E-state index < -0.39 is 0 Å². The van der Waals surface area contributed by atoms with Gasteiger partial charge in [-0.25, -0.2) is 0 Å². The van der Waals surface area contributed by atoms with Gasteiger partial charge in [0.25, 0.3) is 0 Å². The second-order valence-corrected chi connectivity index (χ2v) is 4.55. The summed E-state index contributed by atoms with van der Waals surface area (Å²) in [5.74, 6) is 1.36. The first-order chi connectivity index (χ1) is 9.72. The van der Waals surface area contributed by atoms with Crippen molar-refractivity contribution in [3.63, 3.8) is 0 Å². The molecular weight excluding hydrogens is 254 g/mol. The van der Waals surface area contributed by atoms with Crippen LogP contribution in [-0.2, 0) is 4.79 Å². The number of aromatic amines is 1. The molecule has 106 valence electrons. The van der Waals surface area contributed by atoms with E-state index in [1.165, 1.54) is 0 Å². The lowest BCUT2D eigenvalue weighted by molar-refractivity contribution is -0.116. The van der Waals surface area contributed by atoms with E-state index >= 15 is 0 Å². The Kier molecular flexibility index (Phi) is 4.76. The van der Waals surface area contributed by atoms with Crippen molar-refractivity contribution in [3.05, 3.63) is 30.3 Å². The molecule has 1 heterocycles. The number of nitrogens with zero attached hydrogens (tertiary/aromatic N) is 1. The van der Waals surface area contributed by atoms with E-state index in [9.17, 15) is 4.79 Å². The number of methoxy groups -OCH3 is 1. The molecule has 1 aromatic carbocycles. The molecule has 0 saturated heterocycles. The molecule has 0 unspecified atom stereocenters. The molecule has 0 aliphatic carbocycles. The maximum Gasteiger partial charge on any atom is 0.225 e. The van der Waals surface area contributed by atoms with Gasteiger partial charge in [0, 0.05) is 12.5 Å². The van der Waals surface area contributed by atoms with Crippen molar-refractivity contribution in [2.24, 2.45) is 0 Å². The number of hydrogen-bond acceptors (Lipinski definition) is 3. The summed E-state index contributed by atoms with van der Waals surface area (Å²) >= 11 is 0. The third-order valence-corrected chi connectivity index (χ3v) is 3.00. The Balaban J connectivity index is 2.02. The van der Waals surface area contributed by atoms with Crippen LogP contribution in [0.4, 0.5) is 5.82 Å². The number of benzene rings is 1. The fourth-order valence-corrected chi connectivity index (χ4v) is 1.85. The topological polar surface area (TPSA) is 67.0 Å². The standard InChI is InChI=1S/C15H19N3O2/c1-3-4-5-15(19)16-14-10-13(17-18-14)11-6-8-12(20-2)9-7-11/h6-10H,3-5H2,1-2H3,(H2,16,17,18,19). The largest absolute Gasteiger partial charge is 0.497 e. The molecule has 1 amide bonds. The van der Waals surface area contributed by atoms with Crippen LogP contribution in [0, 0.1) is 0 Å². The Morgan fingerprint density at radius 2 is 2.10 bits per heavy atom. The minimum absolute atomic E-state index is 0.000342. The maximum atomic E-state index is 11.6. The zero-order valence-electron chi connectivity index (χ0n) is 11.8. The smallest absolute Gasteiger partial charge is 0.225 e. The van der Waals surface area contributed by atoms with Gasteiger partial charge in [0.15, 0.2) is 5.82 Å². The summed E-state index contributed by atoms with van der Waals surface area (Å²) in [5, 5.41) is 9.79. The van der Waals surface area contributed by atoms with Crippen molar-refractivity contribution in [3.8, 4) is 17.0 Å². The highest BCUT2D eigenvalue weighted by molar-refractivity contribution is 5.90. The van der Waals surface area contributed by atoms with Crippen molar-refractivity contribution in [2.75, 3.05) is 12.4 Å². The normalized spacial score (nSPS) is 10.3. The van der Waals surface area contributed by atoms with Crippen LogP contribution in [0.25, 0.3) is 11.3 Å². The zero-order valence-corrected chi connectivity index (χ0v) is 11.8. The molecule has 2 aromatic rings. The molecule has 0 saturated carbocycles. The van der Waals surface area contributed by atoms with E-state index in [1.807, 2.05) is 30.3 Å². The molecule has 0 radical (unpaired) electrons. The Morgan fingerprint density at radius 3 is 2.75 bits per heavy atom. The number of aromatic nitrogens is 2. The van der Waals surface area contributed by atoms with E-state index in [2.05, 4.69) is 22.4 Å². The molecule has 2 N–H and O–H groups in total. The Labute approximate surface area is 118 Å². The lowest BCUT2D eigenvalue weighted by Gasteiger charge is -2.01. The van der Waals surface area contributed by atoms with Gasteiger partial charge in [-0.05, 0) is 36.2 Å². The van der Waals surface area contributed by atoms with Gasteiger partial charge in [-0.2, -0.15) is 5.10 Å². The van der Waals surface area contributed by atoms with Crippen LogP contribution in [0.1, 0.15) is 26.2 Å². The highest BCUT2D eigenvalue weighted by atomic mass is 16.5. The number of H-pyrrole nitrogens is 1. The Morgan fingerprint density at radius 1 is 1.35 bits per heavy atom. The zero-order chi connectivity index (χ0) is 14.4. The average molecular weight is 273 g/mol. The van der Waals surface area contributed by atoms with E-state index in [1.54, 1.807) is 7.11 Å². The molecule has 0 fully saturated rings. The van der Waals surface area contributed by atoms with Gasteiger partial charge in [0.1, 0.15) is 5.75 Å². The van der Waals surface area contributed by atoms with Gasteiger partial charge in [-0.1, -0.05) is 13.3 Å². The quantitative estimate of drug-likeness (QED) is 0.849. The number of nitrogens with one attached hydrogen (secondary N) is 2. The summed E-state index contributed by atoms with van der Waals surface area (Å²) in [7, 11) is 1.63. The summed E-state index contributed by atoms with van der Waals surface area (Å²) in [6.07, 6.45) is 2.42. The molecule has 5 heteroatoms. The predicted molar refractivity (Wildman–Crippen MR) is 78.7 cm³/mol. The van der Waals surface area contributed by atoms with E-state index in [-0.39, 0.29) is 5.91 Å². The molecule has 0 spiro atoms. The number of ether oxygens (including phenoxy) is 1. The summed E-state index contributed by atoms with van der Waals surface area (Å²) < 4.78 is 5.12. The molecule has 0 aliphatic heterocycles. The van der Waals surface area contributed by atoms with E-state index in [4.69, 9.17) is 4.74 Å². The van der Waals surface area contributed by atoms with E-state index in [0.717, 1.165) is 29.8 Å². The number of carbonyl (C=O) groups is 1. The predicted octanol–water partition coefficient (Wildman–Crippen LogP) is 3.21. The fraction of sp³-hybridized carbons (Fsp3) is 0.333. The fourth-order valence-electron chi connectivity index (χ4n) is 1.85. The average Bonchev–Trinajstić information content (AvgIpc) is 2.93. The lowest BCUT2D eigenvalue weighted by atomic mass is 10.1. The van der Waals surface area contributed by atoms with Crippen molar-refractivity contribution in [1.29, 1.82) is 0 Å². The number of amides is 1. The van der Waals surface area contributed by atoms with Crippen molar-refractivity contribution >= 4 is 11.7 Å². The number of unbranched alkanes of at least 4 members (excludes halogenated alkanes) is 1. The van der Waals surface area contributed by atoms with Crippen LogP contribution in [0.2, 0.25) is 0 Å². The van der Waals surface area contributed by atoms with Crippen LogP contribution < -0.4 is 10.1 Å². The Hall–Kier alpha value is -2.30. The van der Waals surface area contributed by atoms with Crippen LogP contribution >= 0.6 is 0 Å². The van der Waals surface area contributed by atoms with Gasteiger partial charge in [-0.3, -0.25) is 9.89 Å². The maximum absolute atomic E-state index is 11.6. The van der Waals surface area contributed by atoms with E-state index in [0.29, 0.717) is 12.2 Å². The van der Waals surface area contributed by atoms with Crippen LogP contribution in [0.15, 0.2) is 30.3 Å².